The van der Waals surface area contributed by atoms with Gasteiger partial charge in [0.25, 0.3) is 5.91 Å². The normalized spacial score (nSPS) is 11.6. The molecule has 0 saturated carbocycles. The van der Waals surface area contributed by atoms with E-state index < -0.39 is 21.6 Å². The summed E-state index contributed by atoms with van der Waals surface area (Å²) >= 11 is 6.14. The Balaban J connectivity index is 2.39. The molecule has 0 atom stereocenters. The summed E-state index contributed by atoms with van der Waals surface area (Å²) in [7, 11) is -4.19. The van der Waals surface area contributed by atoms with E-state index >= 15 is 0 Å². The molecule has 0 N–H and O–H groups in total. The zero-order chi connectivity index (χ0) is 21.3. The average molecular weight is 435 g/mol. The lowest BCUT2D eigenvalue weighted by Gasteiger charge is -2.21. The van der Waals surface area contributed by atoms with Crippen LogP contribution in [-0.4, -0.2) is 37.3 Å². The molecular formula is C21H20ClFN2O3S. The fraction of sp³-hybridized carbons (Fsp3) is 0.238. The van der Waals surface area contributed by atoms with Crippen LogP contribution in [0.25, 0.3) is 10.9 Å². The third-order valence-electron chi connectivity index (χ3n) is 4.78. The summed E-state index contributed by atoms with van der Waals surface area (Å²) in [5, 5.41) is 0.340. The Labute approximate surface area is 174 Å². The van der Waals surface area contributed by atoms with Crippen LogP contribution in [0.15, 0.2) is 52.4 Å². The number of hydrogen-bond donors (Lipinski definition) is 0. The first-order valence-electron chi connectivity index (χ1n) is 9.09. The Morgan fingerprint density at radius 2 is 1.83 bits per heavy atom. The van der Waals surface area contributed by atoms with Gasteiger partial charge in [0, 0.05) is 29.7 Å². The maximum Gasteiger partial charge on any atom is 0.256 e. The second kappa shape index (κ2) is 8.08. The third kappa shape index (κ3) is 3.84. The van der Waals surface area contributed by atoms with Gasteiger partial charge in [-0.05, 0) is 56.7 Å². The number of aromatic nitrogens is 1. The van der Waals surface area contributed by atoms with E-state index in [-0.39, 0.29) is 31.3 Å². The number of pyridine rings is 1. The molecule has 3 rings (SSSR count). The van der Waals surface area contributed by atoms with Gasteiger partial charge in [0.2, 0.25) is 9.84 Å². The van der Waals surface area contributed by atoms with Crippen LogP contribution in [0.1, 0.15) is 29.8 Å². The van der Waals surface area contributed by atoms with Crippen molar-refractivity contribution in [3.8, 4) is 0 Å². The molecule has 1 heterocycles. The highest BCUT2D eigenvalue weighted by Crippen LogP contribution is 2.33. The van der Waals surface area contributed by atoms with E-state index in [1.54, 1.807) is 26.8 Å². The SMILES string of the molecule is CCN(CC)C(=O)c1cnc2ccc(F)cc2c1S(=O)(=O)c1ccc(C)c(Cl)c1. The number of sulfone groups is 1. The van der Waals surface area contributed by atoms with Gasteiger partial charge in [0.15, 0.2) is 0 Å². The summed E-state index contributed by atoms with van der Waals surface area (Å²) in [4.78, 5) is 18.4. The van der Waals surface area contributed by atoms with Gasteiger partial charge in [-0.25, -0.2) is 12.8 Å². The van der Waals surface area contributed by atoms with Crippen molar-refractivity contribution in [2.75, 3.05) is 13.1 Å². The Bertz CT molecular complexity index is 1210. The minimum absolute atomic E-state index is 0.0553. The summed E-state index contributed by atoms with van der Waals surface area (Å²) in [6, 6.07) is 8.02. The fourth-order valence-electron chi connectivity index (χ4n) is 3.12. The van der Waals surface area contributed by atoms with Crippen molar-refractivity contribution in [1.29, 1.82) is 0 Å². The van der Waals surface area contributed by atoms with Gasteiger partial charge in [-0.15, -0.1) is 0 Å². The monoisotopic (exact) mass is 434 g/mol. The maximum atomic E-state index is 14.0. The molecule has 0 aliphatic carbocycles. The first kappa shape index (κ1) is 21.2. The predicted molar refractivity (Wildman–Crippen MR) is 111 cm³/mol. The molecule has 2 aromatic carbocycles. The van der Waals surface area contributed by atoms with Crippen molar-refractivity contribution in [2.24, 2.45) is 0 Å². The van der Waals surface area contributed by atoms with Crippen LogP contribution >= 0.6 is 11.6 Å². The number of nitrogens with zero attached hydrogens (tertiary/aromatic N) is 2. The zero-order valence-electron chi connectivity index (χ0n) is 16.2. The van der Waals surface area contributed by atoms with Crippen molar-refractivity contribution >= 4 is 38.2 Å². The molecule has 0 radical (unpaired) electrons. The molecule has 0 bridgehead atoms. The van der Waals surface area contributed by atoms with E-state index in [0.29, 0.717) is 13.1 Å². The molecule has 1 aromatic heterocycles. The average Bonchev–Trinajstić information content (AvgIpc) is 2.69. The highest BCUT2D eigenvalue weighted by molar-refractivity contribution is 7.91. The lowest BCUT2D eigenvalue weighted by atomic mass is 10.1. The van der Waals surface area contributed by atoms with Crippen LogP contribution in [0.4, 0.5) is 4.39 Å². The maximum absolute atomic E-state index is 14.0. The molecule has 0 aliphatic rings. The quantitative estimate of drug-likeness (QED) is 0.586. The van der Waals surface area contributed by atoms with Gasteiger partial charge in [0.1, 0.15) is 5.82 Å². The highest BCUT2D eigenvalue weighted by atomic mass is 35.5. The van der Waals surface area contributed by atoms with Crippen molar-refractivity contribution < 1.29 is 17.6 Å². The Hall–Kier alpha value is -2.51. The molecule has 0 fully saturated rings. The van der Waals surface area contributed by atoms with Crippen molar-refractivity contribution in [3.05, 3.63) is 64.6 Å². The van der Waals surface area contributed by atoms with Gasteiger partial charge in [-0.3, -0.25) is 9.78 Å². The number of rotatable bonds is 5. The molecule has 0 aliphatic heterocycles. The molecule has 8 heteroatoms. The second-order valence-corrected chi connectivity index (χ2v) is 8.85. The van der Waals surface area contributed by atoms with E-state index in [4.69, 9.17) is 11.6 Å². The Kier molecular flexibility index (Phi) is 5.91. The van der Waals surface area contributed by atoms with E-state index in [0.717, 1.165) is 11.6 Å². The third-order valence-corrected chi connectivity index (χ3v) is 7.04. The van der Waals surface area contributed by atoms with Crippen molar-refractivity contribution in [1.82, 2.24) is 9.88 Å². The fourth-order valence-corrected chi connectivity index (χ4v) is 5.01. The smallest absolute Gasteiger partial charge is 0.256 e. The van der Waals surface area contributed by atoms with Crippen LogP contribution in [0.5, 0.6) is 0 Å². The summed E-state index contributed by atoms with van der Waals surface area (Å²) < 4.78 is 41.1. The summed E-state index contributed by atoms with van der Waals surface area (Å²) in [6.07, 6.45) is 1.24. The molecule has 1 amide bonds. The minimum atomic E-state index is -4.19. The van der Waals surface area contributed by atoms with Crippen molar-refractivity contribution in [3.63, 3.8) is 0 Å². The van der Waals surface area contributed by atoms with Gasteiger partial charge in [-0.1, -0.05) is 17.7 Å². The number of carbonyl (C=O) groups excluding carboxylic acids is 1. The molecule has 5 nitrogen and oxygen atoms in total. The predicted octanol–water partition coefficient (Wildman–Crippen LogP) is 4.65. The van der Waals surface area contributed by atoms with Gasteiger partial charge in [0.05, 0.1) is 20.9 Å². The van der Waals surface area contributed by atoms with Crippen LogP contribution in [-0.2, 0) is 9.84 Å². The number of halogens is 2. The topological polar surface area (TPSA) is 67.3 Å². The number of benzene rings is 2. The molecule has 3 aromatic rings. The Morgan fingerprint density at radius 3 is 2.45 bits per heavy atom. The number of amides is 1. The first-order valence-corrected chi connectivity index (χ1v) is 11.0. The molecule has 0 unspecified atom stereocenters. The summed E-state index contributed by atoms with van der Waals surface area (Å²) in [5.74, 6) is -1.10. The number of fused-ring (bicyclic) bond motifs is 1. The van der Waals surface area contributed by atoms with E-state index in [9.17, 15) is 17.6 Å². The van der Waals surface area contributed by atoms with Crippen LogP contribution in [0, 0.1) is 12.7 Å². The summed E-state index contributed by atoms with van der Waals surface area (Å²) in [5.41, 5.74) is 0.901. The van der Waals surface area contributed by atoms with Crippen LogP contribution in [0.2, 0.25) is 5.02 Å². The van der Waals surface area contributed by atoms with E-state index in [1.165, 1.54) is 35.4 Å². The van der Waals surface area contributed by atoms with Crippen molar-refractivity contribution in [2.45, 2.75) is 30.6 Å². The van der Waals surface area contributed by atoms with E-state index in [1.807, 2.05) is 0 Å². The number of aryl methyl sites for hydroxylation is 1. The standard InChI is InChI=1S/C21H20ClFN2O3S/c1-4-25(5-2)21(26)17-12-24-19-9-7-14(23)10-16(19)20(17)29(27,28)15-8-6-13(3)18(22)11-15/h6-12H,4-5H2,1-3H3. The second-order valence-electron chi connectivity index (χ2n) is 6.55. The Morgan fingerprint density at radius 1 is 1.14 bits per heavy atom. The molecule has 0 spiro atoms. The minimum Gasteiger partial charge on any atom is -0.339 e. The molecular weight excluding hydrogens is 415 g/mol. The highest BCUT2D eigenvalue weighted by Gasteiger charge is 2.30. The number of carbonyl (C=O) groups is 1. The van der Waals surface area contributed by atoms with Gasteiger partial charge >= 0.3 is 0 Å². The lowest BCUT2D eigenvalue weighted by molar-refractivity contribution is 0.0769. The molecule has 0 saturated heterocycles. The van der Waals surface area contributed by atoms with Crippen LogP contribution < -0.4 is 0 Å². The van der Waals surface area contributed by atoms with E-state index in [2.05, 4.69) is 4.98 Å². The van der Waals surface area contributed by atoms with Crippen LogP contribution in [0.3, 0.4) is 0 Å². The largest absolute Gasteiger partial charge is 0.339 e. The molecule has 152 valence electrons. The first-order chi connectivity index (χ1) is 13.7. The van der Waals surface area contributed by atoms with Gasteiger partial charge < -0.3 is 4.90 Å². The zero-order valence-corrected chi connectivity index (χ0v) is 17.8. The number of hydrogen-bond acceptors (Lipinski definition) is 4. The lowest BCUT2D eigenvalue weighted by Crippen LogP contribution is -2.31. The van der Waals surface area contributed by atoms with Gasteiger partial charge in [-0.2, -0.15) is 0 Å². The molecule has 29 heavy (non-hydrogen) atoms. The summed E-state index contributed by atoms with van der Waals surface area (Å²) in [6.45, 7) is 6.14.